The smallest absolute Gasteiger partial charge is 0.389 e. The van der Waals surface area contributed by atoms with Crippen molar-refractivity contribution in [2.45, 2.75) is 32.7 Å². The van der Waals surface area contributed by atoms with Crippen molar-refractivity contribution in [1.82, 2.24) is 5.32 Å². The summed E-state index contributed by atoms with van der Waals surface area (Å²) in [7, 11) is 0. The SMILES string of the molecule is CC(C)COCC(O)CNCc1ccccc1C(F)(F)F. The standard InChI is InChI=1S/C15H22F3NO2/c1-11(2)9-21-10-13(20)8-19-7-12-5-3-4-6-14(12)15(16,17)18/h3-6,11,13,19-20H,7-10H2,1-2H3. The van der Waals surface area contributed by atoms with Crippen LogP contribution in [0.5, 0.6) is 0 Å². The Kier molecular flexibility index (Phi) is 7.14. The lowest BCUT2D eigenvalue weighted by atomic mass is 10.1. The van der Waals surface area contributed by atoms with Gasteiger partial charge in [-0.3, -0.25) is 0 Å². The first-order chi connectivity index (χ1) is 9.80. The maximum absolute atomic E-state index is 12.8. The Balaban J connectivity index is 2.39. The molecule has 1 aromatic rings. The molecule has 1 aromatic carbocycles. The van der Waals surface area contributed by atoms with Gasteiger partial charge in [0.05, 0.1) is 18.3 Å². The van der Waals surface area contributed by atoms with Crippen LogP contribution in [-0.4, -0.2) is 31.0 Å². The van der Waals surface area contributed by atoms with E-state index in [2.05, 4.69) is 5.32 Å². The summed E-state index contributed by atoms with van der Waals surface area (Å²) in [4.78, 5) is 0. The van der Waals surface area contributed by atoms with Crippen molar-refractivity contribution in [3.63, 3.8) is 0 Å². The van der Waals surface area contributed by atoms with Gasteiger partial charge in [0.15, 0.2) is 0 Å². The number of halogens is 3. The Morgan fingerprint density at radius 2 is 1.86 bits per heavy atom. The van der Waals surface area contributed by atoms with Gasteiger partial charge in [-0.15, -0.1) is 0 Å². The van der Waals surface area contributed by atoms with Crippen molar-refractivity contribution in [3.8, 4) is 0 Å². The van der Waals surface area contributed by atoms with E-state index in [0.29, 0.717) is 12.5 Å². The summed E-state index contributed by atoms with van der Waals surface area (Å²) in [6.07, 6.45) is -5.10. The molecule has 0 saturated heterocycles. The fraction of sp³-hybridized carbons (Fsp3) is 0.600. The Bertz CT molecular complexity index is 422. The zero-order valence-corrected chi connectivity index (χ0v) is 12.3. The van der Waals surface area contributed by atoms with Crippen LogP contribution in [0.25, 0.3) is 0 Å². The molecular formula is C15H22F3NO2. The van der Waals surface area contributed by atoms with E-state index in [0.717, 1.165) is 6.07 Å². The summed E-state index contributed by atoms with van der Waals surface area (Å²) >= 11 is 0. The van der Waals surface area contributed by atoms with Crippen molar-refractivity contribution in [1.29, 1.82) is 0 Å². The van der Waals surface area contributed by atoms with E-state index in [1.165, 1.54) is 12.1 Å². The monoisotopic (exact) mass is 305 g/mol. The lowest BCUT2D eigenvalue weighted by molar-refractivity contribution is -0.138. The van der Waals surface area contributed by atoms with Crippen molar-refractivity contribution in [2.24, 2.45) is 5.92 Å². The van der Waals surface area contributed by atoms with Gasteiger partial charge in [-0.1, -0.05) is 32.0 Å². The quantitative estimate of drug-likeness (QED) is 0.776. The van der Waals surface area contributed by atoms with Crippen molar-refractivity contribution >= 4 is 0 Å². The summed E-state index contributed by atoms with van der Waals surface area (Å²) in [6, 6.07) is 5.41. The fourth-order valence-corrected chi connectivity index (χ4v) is 1.82. The number of aliphatic hydroxyl groups excluding tert-OH is 1. The third-order valence-corrected chi connectivity index (χ3v) is 2.78. The fourth-order valence-electron chi connectivity index (χ4n) is 1.82. The highest BCUT2D eigenvalue weighted by Crippen LogP contribution is 2.31. The van der Waals surface area contributed by atoms with E-state index in [9.17, 15) is 18.3 Å². The lowest BCUT2D eigenvalue weighted by Gasteiger charge is -2.16. The number of ether oxygens (including phenoxy) is 1. The van der Waals surface area contributed by atoms with Crippen LogP contribution in [-0.2, 0) is 17.5 Å². The van der Waals surface area contributed by atoms with Gasteiger partial charge in [-0.05, 0) is 17.5 Å². The van der Waals surface area contributed by atoms with Gasteiger partial charge in [0, 0.05) is 19.7 Å². The van der Waals surface area contributed by atoms with Crippen LogP contribution in [0.3, 0.4) is 0 Å². The molecule has 2 N–H and O–H groups in total. The second-order valence-electron chi connectivity index (χ2n) is 5.37. The Morgan fingerprint density at radius 3 is 2.48 bits per heavy atom. The van der Waals surface area contributed by atoms with E-state index >= 15 is 0 Å². The van der Waals surface area contributed by atoms with E-state index in [4.69, 9.17) is 4.74 Å². The number of benzene rings is 1. The van der Waals surface area contributed by atoms with Gasteiger partial charge in [0.2, 0.25) is 0 Å². The first-order valence-electron chi connectivity index (χ1n) is 6.92. The molecule has 0 bridgehead atoms. The number of hydrogen-bond acceptors (Lipinski definition) is 3. The minimum Gasteiger partial charge on any atom is -0.389 e. The molecule has 0 amide bonds. The number of alkyl halides is 3. The molecule has 1 unspecified atom stereocenters. The normalized spacial score (nSPS) is 13.7. The van der Waals surface area contributed by atoms with Gasteiger partial charge < -0.3 is 15.2 Å². The number of rotatable bonds is 8. The van der Waals surface area contributed by atoms with Gasteiger partial charge in [0.1, 0.15) is 0 Å². The van der Waals surface area contributed by atoms with Gasteiger partial charge in [0.25, 0.3) is 0 Å². The summed E-state index contributed by atoms with van der Waals surface area (Å²) in [5, 5.41) is 12.5. The van der Waals surface area contributed by atoms with E-state index in [-0.39, 0.29) is 25.3 Å². The number of hydrogen-bond donors (Lipinski definition) is 2. The van der Waals surface area contributed by atoms with Gasteiger partial charge >= 0.3 is 6.18 Å². The highest BCUT2D eigenvalue weighted by atomic mass is 19.4. The molecule has 0 aliphatic rings. The Hall–Kier alpha value is -1.11. The Morgan fingerprint density at radius 1 is 1.19 bits per heavy atom. The van der Waals surface area contributed by atoms with E-state index in [1.54, 1.807) is 6.07 Å². The first kappa shape index (κ1) is 17.9. The molecule has 0 spiro atoms. The molecule has 0 aromatic heterocycles. The van der Waals surface area contributed by atoms with Crippen LogP contribution >= 0.6 is 0 Å². The molecule has 0 heterocycles. The summed E-state index contributed by atoms with van der Waals surface area (Å²) in [5.74, 6) is 0.379. The molecule has 21 heavy (non-hydrogen) atoms. The van der Waals surface area contributed by atoms with E-state index in [1.807, 2.05) is 13.8 Å². The molecule has 0 saturated carbocycles. The maximum atomic E-state index is 12.8. The predicted molar refractivity (Wildman–Crippen MR) is 74.8 cm³/mol. The zero-order valence-electron chi connectivity index (χ0n) is 12.3. The second-order valence-corrected chi connectivity index (χ2v) is 5.37. The van der Waals surface area contributed by atoms with Gasteiger partial charge in [-0.25, -0.2) is 0 Å². The van der Waals surface area contributed by atoms with Crippen LogP contribution in [0.4, 0.5) is 13.2 Å². The highest BCUT2D eigenvalue weighted by molar-refractivity contribution is 5.29. The lowest BCUT2D eigenvalue weighted by Crippen LogP contribution is -2.31. The molecule has 0 aliphatic carbocycles. The highest BCUT2D eigenvalue weighted by Gasteiger charge is 2.32. The molecular weight excluding hydrogens is 283 g/mol. The predicted octanol–water partition coefficient (Wildman–Crippen LogP) is 2.83. The van der Waals surface area contributed by atoms with E-state index < -0.39 is 17.8 Å². The molecule has 0 fully saturated rings. The average Bonchev–Trinajstić information content (AvgIpc) is 2.37. The number of aliphatic hydroxyl groups is 1. The van der Waals surface area contributed by atoms with Crippen molar-refractivity contribution in [2.75, 3.05) is 19.8 Å². The summed E-state index contributed by atoms with van der Waals surface area (Å²) in [6.45, 7) is 4.96. The second kappa shape index (κ2) is 8.36. The summed E-state index contributed by atoms with van der Waals surface area (Å²) in [5.41, 5.74) is -0.483. The van der Waals surface area contributed by atoms with Gasteiger partial charge in [-0.2, -0.15) is 13.2 Å². The van der Waals surface area contributed by atoms with Crippen LogP contribution in [0.2, 0.25) is 0 Å². The minimum atomic E-state index is -4.36. The third kappa shape index (κ3) is 6.93. The minimum absolute atomic E-state index is 0.0525. The maximum Gasteiger partial charge on any atom is 0.416 e. The molecule has 6 heteroatoms. The zero-order chi connectivity index (χ0) is 15.9. The third-order valence-electron chi connectivity index (χ3n) is 2.78. The number of nitrogens with one attached hydrogen (secondary N) is 1. The molecule has 0 radical (unpaired) electrons. The molecule has 1 atom stereocenters. The molecule has 0 aliphatic heterocycles. The van der Waals surface area contributed by atoms with Crippen LogP contribution in [0.1, 0.15) is 25.0 Å². The molecule has 3 nitrogen and oxygen atoms in total. The topological polar surface area (TPSA) is 41.5 Å². The Labute approximate surface area is 123 Å². The molecule has 120 valence electrons. The van der Waals surface area contributed by atoms with Crippen LogP contribution in [0, 0.1) is 5.92 Å². The van der Waals surface area contributed by atoms with Crippen molar-refractivity contribution < 1.29 is 23.0 Å². The largest absolute Gasteiger partial charge is 0.416 e. The summed E-state index contributed by atoms with van der Waals surface area (Å²) < 4.78 is 43.6. The first-order valence-corrected chi connectivity index (χ1v) is 6.92. The molecule has 1 rings (SSSR count). The van der Waals surface area contributed by atoms with Crippen LogP contribution < -0.4 is 5.32 Å². The average molecular weight is 305 g/mol. The van der Waals surface area contributed by atoms with Crippen molar-refractivity contribution in [3.05, 3.63) is 35.4 Å². The van der Waals surface area contributed by atoms with Crippen LogP contribution in [0.15, 0.2) is 24.3 Å².